The molecule has 0 aliphatic rings. The summed E-state index contributed by atoms with van der Waals surface area (Å²) in [7, 11) is 0. The zero-order valence-corrected chi connectivity index (χ0v) is 16.1. The van der Waals surface area contributed by atoms with Crippen LogP contribution in [0.15, 0.2) is 47.6 Å². The number of ether oxygens (including phenoxy) is 1. The van der Waals surface area contributed by atoms with Crippen LogP contribution in [0.25, 0.3) is 11.4 Å². The molecule has 26 heavy (non-hydrogen) atoms. The molecule has 0 atom stereocenters. The number of rotatable bonds is 6. The molecule has 1 aromatic heterocycles. The molecule has 0 bridgehead atoms. The van der Waals surface area contributed by atoms with Crippen LogP contribution in [0.4, 0.5) is 0 Å². The molecule has 6 nitrogen and oxygen atoms in total. The van der Waals surface area contributed by atoms with E-state index in [0.29, 0.717) is 27.2 Å². The molecule has 134 valence electrons. The molecule has 9 heteroatoms. The van der Waals surface area contributed by atoms with Crippen molar-refractivity contribution in [3.05, 3.63) is 62.8 Å². The predicted molar refractivity (Wildman–Crippen MR) is 107 cm³/mol. The van der Waals surface area contributed by atoms with Crippen molar-refractivity contribution in [1.29, 1.82) is 0 Å². The van der Waals surface area contributed by atoms with Gasteiger partial charge in [0.2, 0.25) is 4.77 Å². The Bertz CT molecular complexity index is 982. The zero-order valence-electron chi connectivity index (χ0n) is 13.7. The van der Waals surface area contributed by atoms with Gasteiger partial charge in [0.1, 0.15) is 5.75 Å². The molecule has 0 spiro atoms. The van der Waals surface area contributed by atoms with Gasteiger partial charge >= 0.3 is 0 Å². The maximum atomic E-state index is 6.13. The van der Waals surface area contributed by atoms with Crippen LogP contribution in [-0.4, -0.2) is 27.7 Å². The summed E-state index contributed by atoms with van der Waals surface area (Å²) >= 11 is 17.3. The van der Waals surface area contributed by atoms with Crippen molar-refractivity contribution in [1.82, 2.24) is 14.9 Å². The Morgan fingerprint density at radius 1 is 1.27 bits per heavy atom. The number of nitrogens with zero attached hydrogens (tertiary/aromatic N) is 3. The van der Waals surface area contributed by atoms with Gasteiger partial charge in [-0.05, 0) is 55.5 Å². The van der Waals surface area contributed by atoms with Crippen LogP contribution in [0, 0.1) is 4.77 Å². The summed E-state index contributed by atoms with van der Waals surface area (Å²) in [5.41, 5.74) is 4.43. The van der Waals surface area contributed by atoms with Gasteiger partial charge in [-0.1, -0.05) is 29.3 Å². The SMILES string of the molecule is CCOc1ccc(-c2n[nH]c(=S)n2N/N=C/c2ccc(Cl)cc2Cl)cc1. The highest BCUT2D eigenvalue weighted by Gasteiger charge is 2.08. The Morgan fingerprint density at radius 3 is 2.73 bits per heavy atom. The summed E-state index contributed by atoms with van der Waals surface area (Å²) < 4.78 is 7.39. The van der Waals surface area contributed by atoms with Gasteiger partial charge in [-0.15, -0.1) is 0 Å². The summed E-state index contributed by atoms with van der Waals surface area (Å²) in [6.45, 7) is 2.55. The molecule has 2 N–H and O–H groups in total. The van der Waals surface area contributed by atoms with E-state index in [2.05, 4.69) is 20.8 Å². The van der Waals surface area contributed by atoms with E-state index in [9.17, 15) is 0 Å². The predicted octanol–water partition coefficient (Wildman–Crippen LogP) is 4.89. The van der Waals surface area contributed by atoms with Crippen molar-refractivity contribution in [2.45, 2.75) is 6.92 Å². The van der Waals surface area contributed by atoms with Crippen molar-refractivity contribution >= 4 is 41.6 Å². The summed E-state index contributed by atoms with van der Waals surface area (Å²) in [6, 6.07) is 12.7. The van der Waals surface area contributed by atoms with Gasteiger partial charge in [-0.3, -0.25) is 0 Å². The van der Waals surface area contributed by atoms with Crippen LogP contribution in [0.1, 0.15) is 12.5 Å². The maximum Gasteiger partial charge on any atom is 0.216 e. The van der Waals surface area contributed by atoms with Crippen LogP contribution < -0.4 is 10.3 Å². The van der Waals surface area contributed by atoms with Gasteiger partial charge in [-0.2, -0.15) is 14.9 Å². The molecule has 0 amide bonds. The van der Waals surface area contributed by atoms with Crippen LogP contribution in [0.2, 0.25) is 10.0 Å². The fraction of sp³-hybridized carbons (Fsp3) is 0.118. The number of hydrogen-bond acceptors (Lipinski definition) is 5. The average Bonchev–Trinajstić information content (AvgIpc) is 2.99. The minimum atomic E-state index is 0.383. The number of H-pyrrole nitrogens is 1. The van der Waals surface area contributed by atoms with Gasteiger partial charge in [0, 0.05) is 16.1 Å². The molecule has 2 aromatic carbocycles. The first-order chi connectivity index (χ1) is 12.6. The molecule has 0 unspecified atom stereocenters. The second kappa shape index (κ2) is 8.35. The van der Waals surface area contributed by atoms with Gasteiger partial charge < -0.3 is 4.74 Å². The zero-order chi connectivity index (χ0) is 18.5. The molecular formula is C17H15Cl2N5OS. The van der Waals surface area contributed by atoms with E-state index in [0.717, 1.165) is 16.9 Å². The first-order valence-corrected chi connectivity index (χ1v) is 8.89. The number of halogens is 2. The maximum absolute atomic E-state index is 6.13. The second-order valence-electron chi connectivity index (χ2n) is 5.17. The third-order valence-corrected chi connectivity index (χ3v) is 4.26. The lowest BCUT2D eigenvalue weighted by atomic mass is 10.2. The van der Waals surface area contributed by atoms with Gasteiger partial charge in [-0.25, -0.2) is 10.6 Å². The summed E-state index contributed by atoms with van der Waals surface area (Å²) in [6.07, 6.45) is 1.58. The Balaban J connectivity index is 1.81. The quantitative estimate of drug-likeness (QED) is 0.346. The first-order valence-electron chi connectivity index (χ1n) is 7.73. The first kappa shape index (κ1) is 18.4. The van der Waals surface area contributed by atoms with Crippen molar-refractivity contribution in [2.75, 3.05) is 12.1 Å². The minimum absolute atomic E-state index is 0.383. The molecule has 1 heterocycles. The van der Waals surface area contributed by atoms with Crippen molar-refractivity contribution in [2.24, 2.45) is 5.10 Å². The minimum Gasteiger partial charge on any atom is -0.494 e. The molecule has 3 aromatic rings. The smallest absolute Gasteiger partial charge is 0.216 e. The topological polar surface area (TPSA) is 67.2 Å². The van der Waals surface area contributed by atoms with Gasteiger partial charge in [0.15, 0.2) is 5.82 Å². The van der Waals surface area contributed by atoms with E-state index in [1.165, 1.54) is 0 Å². The Kier molecular flexibility index (Phi) is 5.92. The number of hydrazone groups is 1. The number of aromatic nitrogens is 3. The third kappa shape index (κ3) is 4.24. The highest BCUT2D eigenvalue weighted by Crippen LogP contribution is 2.21. The van der Waals surface area contributed by atoms with E-state index >= 15 is 0 Å². The fourth-order valence-electron chi connectivity index (χ4n) is 2.21. The molecule has 0 saturated carbocycles. The van der Waals surface area contributed by atoms with Crippen molar-refractivity contribution < 1.29 is 4.74 Å². The monoisotopic (exact) mass is 407 g/mol. The average molecular weight is 408 g/mol. The number of hydrogen-bond donors (Lipinski definition) is 2. The standard InChI is InChI=1S/C17H15Cl2N5OS/c1-2-25-14-7-4-11(5-8-14)16-21-22-17(26)24(16)23-20-10-12-3-6-13(18)9-15(12)19/h3-10,23H,2H2,1H3,(H,22,26)/b20-10+. The van der Waals surface area contributed by atoms with E-state index in [4.69, 9.17) is 40.2 Å². The Morgan fingerprint density at radius 2 is 2.04 bits per heavy atom. The largest absolute Gasteiger partial charge is 0.494 e. The summed E-state index contributed by atoms with van der Waals surface area (Å²) in [4.78, 5) is 0. The van der Waals surface area contributed by atoms with Gasteiger partial charge in [0.05, 0.1) is 17.8 Å². The van der Waals surface area contributed by atoms with Crippen LogP contribution in [0.3, 0.4) is 0 Å². The summed E-state index contributed by atoms with van der Waals surface area (Å²) in [5.74, 6) is 1.39. The second-order valence-corrected chi connectivity index (χ2v) is 6.40. The summed E-state index contributed by atoms with van der Waals surface area (Å²) in [5, 5.41) is 12.2. The molecule has 0 saturated heterocycles. The lowest BCUT2D eigenvalue weighted by Crippen LogP contribution is -2.10. The molecular weight excluding hydrogens is 393 g/mol. The lowest BCUT2D eigenvalue weighted by molar-refractivity contribution is 0.340. The highest BCUT2D eigenvalue weighted by molar-refractivity contribution is 7.71. The number of nitrogens with one attached hydrogen (secondary N) is 2. The molecule has 0 aliphatic heterocycles. The van der Waals surface area contributed by atoms with E-state index in [1.807, 2.05) is 31.2 Å². The molecule has 0 radical (unpaired) electrons. The Hall–Kier alpha value is -2.35. The molecule has 0 aliphatic carbocycles. The number of benzene rings is 2. The third-order valence-electron chi connectivity index (χ3n) is 3.42. The highest BCUT2D eigenvalue weighted by atomic mass is 35.5. The Labute approximate surface area is 165 Å². The van der Waals surface area contributed by atoms with E-state index in [1.54, 1.807) is 29.1 Å². The van der Waals surface area contributed by atoms with E-state index in [-0.39, 0.29) is 0 Å². The molecule has 3 rings (SSSR count). The fourth-order valence-corrected chi connectivity index (χ4v) is 2.84. The van der Waals surface area contributed by atoms with Crippen LogP contribution in [-0.2, 0) is 0 Å². The number of aromatic amines is 1. The lowest BCUT2D eigenvalue weighted by Gasteiger charge is -2.07. The van der Waals surface area contributed by atoms with Crippen molar-refractivity contribution in [3.63, 3.8) is 0 Å². The molecule has 0 fully saturated rings. The van der Waals surface area contributed by atoms with E-state index < -0.39 is 0 Å². The van der Waals surface area contributed by atoms with Crippen LogP contribution >= 0.6 is 35.4 Å². The van der Waals surface area contributed by atoms with Gasteiger partial charge in [0.25, 0.3) is 0 Å². The van der Waals surface area contributed by atoms with Crippen LogP contribution in [0.5, 0.6) is 5.75 Å². The van der Waals surface area contributed by atoms with Crippen molar-refractivity contribution in [3.8, 4) is 17.1 Å². The normalized spacial score (nSPS) is 11.0.